The van der Waals surface area contributed by atoms with Gasteiger partial charge in [-0.2, -0.15) is 0 Å². The maximum Gasteiger partial charge on any atom is 0.222 e. The van der Waals surface area contributed by atoms with Crippen molar-refractivity contribution in [3.05, 3.63) is 59.9 Å². The molecule has 0 bridgehead atoms. The molecule has 0 N–H and O–H groups in total. The van der Waals surface area contributed by atoms with Crippen molar-refractivity contribution < 1.29 is 9.18 Å². The van der Waals surface area contributed by atoms with Gasteiger partial charge in [0.05, 0.1) is 5.69 Å². The van der Waals surface area contributed by atoms with Gasteiger partial charge in [-0.05, 0) is 55.7 Å². The third-order valence-electron chi connectivity index (χ3n) is 4.84. The Bertz CT molecular complexity index is 675. The summed E-state index contributed by atoms with van der Waals surface area (Å²) in [5.74, 6) is 0.540. The van der Waals surface area contributed by atoms with Crippen LogP contribution in [0.25, 0.3) is 0 Å². The lowest BCUT2D eigenvalue weighted by molar-refractivity contribution is -0.133. The number of carbonyl (C=O) groups is 1. The van der Waals surface area contributed by atoms with Crippen molar-refractivity contribution in [3.63, 3.8) is 0 Å². The van der Waals surface area contributed by atoms with Crippen molar-refractivity contribution in [2.75, 3.05) is 13.1 Å². The van der Waals surface area contributed by atoms with Gasteiger partial charge in [-0.3, -0.25) is 14.8 Å². The van der Waals surface area contributed by atoms with Gasteiger partial charge in [0.2, 0.25) is 5.91 Å². The van der Waals surface area contributed by atoms with Crippen molar-refractivity contribution in [3.8, 4) is 0 Å². The summed E-state index contributed by atoms with van der Waals surface area (Å²) in [4.78, 5) is 22.7. The molecule has 25 heavy (non-hydrogen) atoms. The Hall–Kier alpha value is -2.30. The molecule has 0 aliphatic carbocycles. The van der Waals surface area contributed by atoms with E-state index < -0.39 is 0 Å². The topological polar surface area (TPSA) is 46.1 Å². The number of rotatable bonds is 6. The molecule has 4 nitrogen and oxygen atoms in total. The maximum atomic E-state index is 13.0. The van der Waals surface area contributed by atoms with Crippen molar-refractivity contribution in [1.82, 2.24) is 14.9 Å². The molecule has 3 rings (SSSR count). The molecular formula is C20H24FN3O. The third kappa shape index (κ3) is 5.34. The fourth-order valence-electron chi connectivity index (χ4n) is 3.40. The van der Waals surface area contributed by atoms with Gasteiger partial charge in [-0.1, -0.05) is 12.1 Å². The molecule has 2 aromatic rings. The molecule has 0 radical (unpaired) electrons. The molecule has 0 unspecified atom stereocenters. The van der Waals surface area contributed by atoms with Gasteiger partial charge < -0.3 is 4.90 Å². The summed E-state index contributed by atoms with van der Waals surface area (Å²) in [5.41, 5.74) is 2.02. The monoisotopic (exact) mass is 341 g/mol. The van der Waals surface area contributed by atoms with Crippen LogP contribution in [-0.4, -0.2) is 33.9 Å². The highest BCUT2D eigenvalue weighted by Crippen LogP contribution is 2.22. The summed E-state index contributed by atoms with van der Waals surface area (Å²) >= 11 is 0. The molecule has 1 atom stereocenters. The average molecular weight is 341 g/mol. The summed E-state index contributed by atoms with van der Waals surface area (Å²) in [7, 11) is 0. The van der Waals surface area contributed by atoms with Crippen LogP contribution in [0.3, 0.4) is 0 Å². The molecule has 1 aromatic carbocycles. The van der Waals surface area contributed by atoms with Crippen LogP contribution >= 0.6 is 0 Å². The largest absolute Gasteiger partial charge is 0.342 e. The minimum Gasteiger partial charge on any atom is -0.342 e. The molecule has 1 aliphatic heterocycles. The van der Waals surface area contributed by atoms with Crippen LogP contribution in [0.15, 0.2) is 42.9 Å². The van der Waals surface area contributed by atoms with Gasteiger partial charge in [0, 0.05) is 38.1 Å². The van der Waals surface area contributed by atoms with Gasteiger partial charge in [-0.15, -0.1) is 0 Å². The number of benzene rings is 1. The molecule has 1 amide bonds. The predicted molar refractivity (Wildman–Crippen MR) is 94.4 cm³/mol. The van der Waals surface area contributed by atoms with Gasteiger partial charge in [0.15, 0.2) is 0 Å². The quantitative estimate of drug-likeness (QED) is 0.809. The first kappa shape index (κ1) is 17.5. The van der Waals surface area contributed by atoms with E-state index >= 15 is 0 Å². The Morgan fingerprint density at radius 1 is 1.20 bits per heavy atom. The molecule has 2 heterocycles. The Labute approximate surface area is 148 Å². The number of hydrogen-bond acceptors (Lipinski definition) is 3. The van der Waals surface area contributed by atoms with Gasteiger partial charge in [0.25, 0.3) is 0 Å². The standard InChI is InChI=1S/C20H24FN3O/c21-18-7-5-16(6-8-18)3-4-17-2-1-13-24(15-17)20(25)10-9-19-14-22-11-12-23-19/h5-8,11-12,14,17H,1-4,9-10,13,15H2/t17-/m0/s1. The Morgan fingerprint density at radius 3 is 2.80 bits per heavy atom. The number of hydrogen-bond donors (Lipinski definition) is 0. The highest BCUT2D eigenvalue weighted by atomic mass is 19.1. The van der Waals surface area contributed by atoms with E-state index in [2.05, 4.69) is 9.97 Å². The molecule has 1 aliphatic rings. The minimum atomic E-state index is -0.193. The molecular weight excluding hydrogens is 317 g/mol. The highest BCUT2D eigenvalue weighted by molar-refractivity contribution is 5.76. The summed E-state index contributed by atoms with van der Waals surface area (Å²) in [6, 6.07) is 6.72. The Balaban J connectivity index is 1.45. The van der Waals surface area contributed by atoms with Crippen LogP contribution in [0.5, 0.6) is 0 Å². The van der Waals surface area contributed by atoms with Crippen molar-refractivity contribution in [2.24, 2.45) is 5.92 Å². The number of nitrogens with zero attached hydrogens (tertiary/aromatic N) is 3. The molecule has 0 spiro atoms. The Kier molecular flexibility index (Phi) is 6.09. The SMILES string of the molecule is O=C(CCc1cnccn1)N1CCC[C@@H](CCc2ccc(F)cc2)C1. The summed E-state index contributed by atoms with van der Waals surface area (Å²) in [6.45, 7) is 1.69. The lowest BCUT2D eigenvalue weighted by Gasteiger charge is -2.33. The minimum absolute atomic E-state index is 0.193. The number of halogens is 1. The van der Waals surface area contributed by atoms with Gasteiger partial charge in [-0.25, -0.2) is 4.39 Å². The fraction of sp³-hybridized carbons (Fsp3) is 0.450. The van der Waals surface area contributed by atoms with Crippen molar-refractivity contribution >= 4 is 5.91 Å². The van der Waals surface area contributed by atoms with Gasteiger partial charge in [0.1, 0.15) is 5.82 Å². The number of aromatic nitrogens is 2. The zero-order valence-corrected chi connectivity index (χ0v) is 14.4. The first-order valence-corrected chi connectivity index (χ1v) is 8.98. The molecule has 5 heteroatoms. The zero-order valence-electron chi connectivity index (χ0n) is 14.4. The number of likely N-dealkylation sites (tertiary alicyclic amines) is 1. The molecule has 132 valence electrons. The lowest BCUT2D eigenvalue weighted by Crippen LogP contribution is -2.40. The van der Waals surface area contributed by atoms with Crippen molar-refractivity contribution in [2.45, 2.75) is 38.5 Å². The third-order valence-corrected chi connectivity index (χ3v) is 4.84. The van der Waals surface area contributed by atoms with E-state index in [1.54, 1.807) is 18.6 Å². The number of amides is 1. The fourth-order valence-corrected chi connectivity index (χ4v) is 3.40. The summed E-state index contributed by atoms with van der Waals surface area (Å²) in [5, 5.41) is 0. The first-order chi connectivity index (χ1) is 12.2. The van der Waals surface area contributed by atoms with Gasteiger partial charge >= 0.3 is 0 Å². The van der Waals surface area contributed by atoms with Crippen LogP contribution in [0, 0.1) is 11.7 Å². The second kappa shape index (κ2) is 8.70. The second-order valence-electron chi connectivity index (χ2n) is 6.71. The number of aryl methyl sites for hydroxylation is 2. The van der Waals surface area contributed by atoms with Crippen LogP contribution in [0.1, 0.15) is 36.9 Å². The smallest absolute Gasteiger partial charge is 0.222 e. The van der Waals surface area contributed by atoms with Crippen LogP contribution in [-0.2, 0) is 17.6 Å². The van der Waals surface area contributed by atoms with E-state index in [0.717, 1.165) is 50.0 Å². The lowest BCUT2D eigenvalue weighted by atomic mass is 9.91. The first-order valence-electron chi connectivity index (χ1n) is 8.98. The summed E-state index contributed by atoms with van der Waals surface area (Å²) < 4.78 is 13.0. The van der Waals surface area contributed by atoms with Crippen LogP contribution < -0.4 is 0 Å². The van der Waals surface area contributed by atoms with Crippen LogP contribution in [0.2, 0.25) is 0 Å². The molecule has 0 saturated carbocycles. The maximum absolute atomic E-state index is 13.0. The number of carbonyl (C=O) groups excluding carboxylic acids is 1. The highest BCUT2D eigenvalue weighted by Gasteiger charge is 2.23. The molecule has 1 saturated heterocycles. The normalized spacial score (nSPS) is 17.5. The second-order valence-corrected chi connectivity index (χ2v) is 6.71. The Morgan fingerprint density at radius 2 is 2.04 bits per heavy atom. The van der Waals surface area contributed by atoms with E-state index in [1.807, 2.05) is 17.0 Å². The predicted octanol–water partition coefficient (Wildman–Crippen LogP) is 3.42. The van der Waals surface area contributed by atoms with E-state index in [1.165, 1.54) is 12.1 Å². The number of piperidine rings is 1. The van der Waals surface area contributed by atoms with E-state index in [9.17, 15) is 9.18 Å². The van der Waals surface area contributed by atoms with Crippen molar-refractivity contribution in [1.29, 1.82) is 0 Å². The van der Waals surface area contributed by atoms with E-state index in [-0.39, 0.29) is 11.7 Å². The molecule has 1 aromatic heterocycles. The zero-order chi connectivity index (χ0) is 17.5. The van der Waals surface area contributed by atoms with E-state index in [0.29, 0.717) is 18.8 Å². The van der Waals surface area contributed by atoms with Crippen LogP contribution in [0.4, 0.5) is 4.39 Å². The average Bonchev–Trinajstić information content (AvgIpc) is 2.67. The molecule has 1 fully saturated rings. The van der Waals surface area contributed by atoms with E-state index in [4.69, 9.17) is 0 Å². The summed E-state index contributed by atoms with van der Waals surface area (Å²) in [6.07, 6.45) is 10.3.